The van der Waals surface area contributed by atoms with Gasteiger partial charge in [0.2, 0.25) is 0 Å². The van der Waals surface area contributed by atoms with Gasteiger partial charge in [0.25, 0.3) is 5.91 Å². The fourth-order valence-corrected chi connectivity index (χ4v) is 3.94. The summed E-state index contributed by atoms with van der Waals surface area (Å²) in [5.74, 6) is 0.737. The molecule has 5 nitrogen and oxygen atoms in total. The van der Waals surface area contributed by atoms with Gasteiger partial charge in [-0.2, -0.15) is 5.10 Å². The Labute approximate surface area is 134 Å². The lowest BCUT2D eigenvalue weighted by atomic mass is 10.1. The summed E-state index contributed by atoms with van der Waals surface area (Å²) in [7, 11) is 1.60. The Bertz CT molecular complexity index is 677. The van der Waals surface area contributed by atoms with Gasteiger partial charge in [0.05, 0.1) is 18.8 Å². The molecule has 0 bridgehead atoms. The predicted octanol–water partition coefficient (Wildman–Crippen LogP) is 3.05. The van der Waals surface area contributed by atoms with Crippen LogP contribution in [0.5, 0.6) is 5.75 Å². The van der Waals surface area contributed by atoms with Gasteiger partial charge < -0.3 is 9.64 Å². The van der Waals surface area contributed by atoms with Gasteiger partial charge in [-0.25, -0.2) is 0 Å². The number of methoxy groups -OCH3 is 1. The molecule has 6 heteroatoms. The van der Waals surface area contributed by atoms with Crippen LogP contribution in [-0.4, -0.2) is 40.8 Å². The number of thiophene rings is 1. The smallest absolute Gasteiger partial charge is 0.267 e. The molecule has 0 spiro atoms. The van der Waals surface area contributed by atoms with Crippen molar-refractivity contribution in [1.29, 1.82) is 0 Å². The lowest BCUT2D eigenvalue weighted by Crippen LogP contribution is -2.41. The molecular formula is C16H21N3O2S. The number of amides is 1. The molecule has 118 valence electrons. The van der Waals surface area contributed by atoms with Crippen molar-refractivity contribution in [2.24, 2.45) is 0 Å². The zero-order valence-electron chi connectivity index (χ0n) is 13.2. The van der Waals surface area contributed by atoms with Gasteiger partial charge in [-0.05, 0) is 44.2 Å². The number of likely N-dealkylation sites (tertiary alicyclic amines) is 1. The number of ether oxygens (including phenoxy) is 1. The van der Waals surface area contributed by atoms with E-state index in [2.05, 4.69) is 22.8 Å². The van der Waals surface area contributed by atoms with Crippen molar-refractivity contribution in [1.82, 2.24) is 14.7 Å². The number of aromatic nitrogens is 2. The van der Waals surface area contributed by atoms with Crippen molar-refractivity contribution in [2.75, 3.05) is 20.2 Å². The maximum atomic E-state index is 12.7. The normalized spacial score (nSPS) is 18.5. The molecule has 3 heterocycles. The highest BCUT2D eigenvalue weighted by Gasteiger charge is 2.28. The highest BCUT2D eigenvalue weighted by atomic mass is 32.1. The predicted molar refractivity (Wildman–Crippen MR) is 86.7 cm³/mol. The zero-order valence-corrected chi connectivity index (χ0v) is 14.0. The summed E-state index contributed by atoms with van der Waals surface area (Å²) in [6.45, 7) is 5.59. The van der Waals surface area contributed by atoms with Gasteiger partial charge in [0.15, 0.2) is 0 Å². The average molecular weight is 319 g/mol. The summed E-state index contributed by atoms with van der Waals surface area (Å²) in [5.41, 5.74) is 2.19. The third kappa shape index (κ3) is 2.75. The number of rotatable bonds is 3. The molecule has 1 aliphatic rings. The number of carbonyl (C=O) groups excluding carboxylic acids is 1. The minimum Gasteiger partial charge on any atom is -0.495 e. The Kier molecular flexibility index (Phi) is 4.20. The van der Waals surface area contributed by atoms with Crippen molar-refractivity contribution in [3.8, 4) is 5.75 Å². The molecule has 2 aromatic heterocycles. The minimum absolute atomic E-state index is 0.0677. The molecule has 0 N–H and O–H groups in total. The molecule has 1 atom stereocenters. The maximum Gasteiger partial charge on any atom is 0.267 e. The van der Waals surface area contributed by atoms with E-state index in [0.717, 1.165) is 30.8 Å². The lowest BCUT2D eigenvalue weighted by molar-refractivity contribution is 0.0673. The quantitative estimate of drug-likeness (QED) is 0.873. The molecule has 0 aromatic carbocycles. The van der Waals surface area contributed by atoms with Crippen LogP contribution in [0.4, 0.5) is 0 Å². The summed E-state index contributed by atoms with van der Waals surface area (Å²) < 4.78 is 7.35. The van der Waals surface area contributed by atoms with E-state index in [-0.39, 0.29) is 11.9 Å². The lowest BCUT2D eigenvalue weighted by Gasteiger charge is -2.33. The molecule has 3 rings (SSSR count). The van der Waals surface area contributed by atoms with Gasteiger partial charge in [-0.1, -0.05) is 0 Å². The largest absolute Gasteiger partial charge is 0.495 e. The van der Waals surface area contributed by atoms with Gasteiger partial charge in [0.1, 0.15) is 10.6 Å². The second-order valence-corrected chi connectivity index (χ2v) is 6.65. The van der Waals surface area contributed by atoms with Gasteiger partial charge in [-0.3, -0.25) is 9.48 Å². The Hall–Kier alpha value is -1.82. The van der Waals surface area contributed by atoms with Crippen LogP contribution >= 0.6 is 11.3 Å². The molecule has 1 fully saturated rings. The highest BCUT2D eigenvalue weighted by molar-refractivity contribution is 7.12. The van der Waals surface area contributed by atoms with Crippen LogP contribution < -0.4 is 4.74 Å². The van der Waals surface area contributed by atoms with E-state index in [0.29, 0.717) is 17.2 Å². The summed E-state index contributed by atoms with van der Waals surface area (Å²) >= 11 is 1.44. The first-order chi connectivity index (χ1) is 10.6. The van der Waals surface area contributed by atoms with Crippen LogP contribution in [0.2, 0.25) is 0 Å². The van der Waals surface area contributed by atoms with Crippen LogP contribution in [0.1, 0.15) is 39.9 Å². The van der Waals surface area contributed by atoms with E-state index in [1.54, 1.807) is 7.11 Å². The summed E-state index contributed by atoms with van der Waals surface area (Å²) in [4.78, 5) is 15.4. The fraction of sp³-hybridized carbons (Fsp3) is 0.500. The molecule has 0 unspecified atom stereocenters. The monoisotopic (exact) mass is 319 g/mol. The molecule has 1 aliphatic heterocycles. The third-order valence-corrected chi connectivity index (χ3v) is 5.00. The number of nitrogens with zero attached hydrogens (tertiary/aromatic N) is 3. The van der Waals surface area contributed by atoms with Crippen LogP contribution in [0.15, 0.2) is 17.5 Å². The van der Waals surface area contributed by atoms with Gasteiger partial charge in [0, 0.05) is 18.8 Å². The van der Waals surface area contributed by atoms with Crippen molar-refractivity contribution in [3.63, 3.8) is 0 Å². The zero-order chi connectivity index (χ0) is 15.7. The van der Waals surface area contributed by atoms with E-state index in [1.165, 1.54) is 11.3 Å². The van der Waals surface area contributed by atoms with E-state index in [4.69, 9.17) is 4.74 Å². The molecular weight excluding hydrogens is 298 g/mol. The standard InChI is InChI=1S/C16H21N3O2S/c1-11-9-12(2)19(17-11)13-5-4-7-18(10-13)16(20)15-14(21-3)6-8-22-15/h6,8-9,13H,4-5,7,10H2,1-3H3/t13-/m0/s1. The Morgan fingerprint density at radius 1 is 1.45 bits per heavy atom. The topological polar surface area (TPSA) is 47.4 Å². The second kappa shape index (κ2) is 6.12. The van der Waals surface area contributed by atoms with Crippen molar-refractivity contribution in [2.45, 2.75) is 32.7 Å². The Balaban J connectivity index is 1.78. The number of piperidine rings is 1. The third-order valence-electron chi connectivity index (χ3n) is 4.12. The van der Waals surface area contributed by atoms with E-state index in [1.807, 2.05) is 23.3 Å². The van der Waals surface area contributed by atoms with E-state index >= 15 is 0 Å². The molecule has 0 aliphatic carbocycles. The summed E-state index contributed by atoms with van der Waals surface area (Å²) in [6.07, 6.45) is 2.07. The number of carbonyl (C=O) groups is 1. The van der Waals surface area contributed by atoms with Crippen LogP contribution in [0.25, 0.3) is 0 Å². The number of hydrogen-bond donors (Lipinski definition) is 0. The highest BCUT2D eigenvalue weighted by Crippen LogP contribution is 2.29. The van der Waals surface area contributed by atoms with E-state index in [9.17, 15) is 4.79 Å². The molecule has 1 saturated heterocycles. The molecule has 1 amide bonds. The van der Waals surface area contributed by atoms with Crippen molar-refractivity contribution in [3.05, 3.63) is 33.8 Å². The van der Waals surface area contributed by atoms with Gasteiger partial charge >= 0.3 is 0 Å². The first-order valence-electron chi connectivity index (χ1n) is 7.53. The molecule has 0 radical (unpaired) electrons. The van der Waals surface area contributed by atoms with Crippen LogP contribution in [0, 0.1) is 13.8 Å². The number of aryl methyl sites for hydroxylation is 2. The Morgan fingerprint density at radius 2 is 2.27 bits per heavy atom. The minimum atomic E-state index is 0.0677. The molecule has 2 aromatic rings. The average Bonchev–Trinajstić information content (AvgIpc) is 3.12. The first kappa shape index (κ1) is 15.1. The first-order valence-corrected chi connectivity index (χ1v) is 8.41. The van der Waals surface area contributed by atoms with Crippen molar-refractivity contribution < 1.29 is 9.53 Å². The maximum absolute atomic E-state index is 12.7. The molecule has 0 saturated carbocycles. The number of hydrogen-bond acceptors (Lipinski definition) is 4. The summed E-state index contributed by atoms with van der Waals surface area (Å²) in [5, 5.41) is 6.48. The second-order valence-electron chi connectivity index (χ2n) is 5.74. The fourth-order valence-electron chi connectivity index (χ4n) is 3.11. The Morgan fingerprint density at radius 3 is 2.95 bits per heavy atom. The van der Waals surface area contributed by atoms with Gasteiger partial charge in [-0.15, -0.1) is 11.3 Å². The van der Waals surface area contributed by atoms with Crippen LogP contribution in [0.3, 0.4) is 0 Å². The van der Waals surface area contributed by atoms with E-state index < -0.39 is 0 Å². The molecule has 22 heavy (non-hydrogen) atoms. The summed E-state index contributed by atoms with van der Waals surface area (Å²) in [6, 6.07) is 4.20. The SMILES string of the molecule is COc1ccsc1C(=O)N1CCC[C@H](n2nc(C)cc2C)C1. The van der Waals surface area contributed by atoms with Crippen LogP contribution in [-0.2, 0) is 0 Å². The van der Waals surface area contributed by atoms with Crippen molar-refractivity contribution >= 4 is 17.2 Å².